The number of benzene rings is 1. The van der Waals surface area contributed by atoms with Gasteiger partial charge in [0.2, 0.25) is 0 Å². The number of H-pyrrole nitrogens is 1. The van der Waals surface area contributed by atoms with Gasteiger partial charge in [0.15, 0.2) is 5.82 Å². The molecular weight excluding hydrogens is 398 g/mol. The second kappa shape index (κ2) is 8.55. The number of likely N-dealkylation sites (tertiary alicyclic amines) is 1. The third-order valence-corrected chi connectivity index (χ3v) is 7.10. The number of nitrogens with zero attached hydrogens (tertiary/aromatic N) is 3. The Morgan fingerprint density at radius 2 is 2.03 bits per heavy atom. The first-order valence-electron chi connectivity index (χ1n) is 11.5. The van der Waals surface area contributed by atoms with Crippen molar-refractivity contribution in [2.45, 2.75) is 65.3 Å². The van der Waals surface area contributed by atoms with Gasteiger partial charge in [-0.2, -0.15) is 5.26 Å². The van der Waals surface area contributed by atoms with E-state index in [1.165, 1.54) is 30.2 Å². The van der Waals surface area contributed by atoms with E-state index in [4.69, 9.17) is 5.26 Å². The van der Waals surface area contributed by atoms with Crippen LogP contribution in [0.25, 0.3) is 5.57 Å². The molecule has 2 heterocycles. The lowest BCUT2D eigenvalue weighted by Gasteiger charge is -2.37. The van der Waals surface area contributed by atoms with Gasteiger partial charge in [0, 0.05) is 16.8 Å². The third-order valence-electron chi connectivity index (χ3n) is 7.10. The van der Waals surface area contributed by atoms with E-state index in [-0.39, 0.29) is 23.0 Å². The van der Waals surface area contributed by atoms with Crippen molar-refractivity contribution in [1.82, 2.24) is 14.9 Å². The summed E-state index contributed by atoms with van der Waals surface area (Å²) in [5.74, 6) is -0.191. The van der Waals surface area contributed by atoms with E-state index in [0.717, 1.165) is 43.6 Å². The molecule has 2 aliphatic rings. The zero-order valence-corrected chi connectivity index (χ0v) is 19.6. The molecule has 1 saturated heterocycles. The highest BCUT2D eigenvalue weighted by atomic mass is 16.2. The summed E-state index contributed by atoms with van der Waals surface area (Å²) in [6.07, 6.45) is 9.35. The standard InChI is InChI=1S/C26H33N5O/c1-25(2)11-9-18(10-12-25)21-15-19(26(3,4)31-13-5-6-14-31)7-8-22(21)30-24(32)23-28-17-20(16-27)29-23/h7-9,15,17H,5-6,10-14H2,1-4H3,(H,28,29)(H,30,32). The minimum absolute atomic E-state index is 0.0645. The van der Waals surface area contributed by atoms with Crippen LogP contribution in [-0.4, -0.2) is 33.9 Å². The molecule has 0 bridgehead atoms. The van der Waals surface area contributed by atoms with Crippen LogP contribution < -0.4 is 5.32 Å². The first-order chi connectivity index (χ1) is 15.2. The van der Waals surface area contributed by atoms with Gasteiger partial charge in [0.1, 0.15) is 11.8 Å². The van der Waals surface area contributed by atoms with Gasteiger partial charge in [-0.3, -0.25) is 9.69 Å². The van der Waals surface area contributed by atoms with E-state index in [2.05, 4.69) is 66.1 Å². The van der Waals surface area contributed by atoms with Crippen molar-refractivity contribution >= 4 is 17.2 Å². The molecule has 2 N–H and O–H groups in total. The Labute approximate surface area is 190 Å². The second-order valence-electron chi connectivity index (χ2n) is 10.3. The molecule has 0 radical (unpaired) electrons. The van der Waals surface area contributed by atoms with E-state index in [9.17, 15) is 4.79 Å². The third kappa shape index (κ3) is 4.49. The maximum absolute atomic E-state index is 12.8. The Bertz CT molecular complexity index is 1080. The van der Waals surface area contributed by atoms with Crippen LogP contribution in [0.1, 0.15) is 87.2 Å². The number of carbonyl (C=O) groups is 1. The average molecular weight is 432 g/mol. The Morgan fingerprint density at radius 3 is 2.66 bits per heavy atom. The first-order valence-corrected chi connectivity index (χ1v) is 11.5. The summed E-state index contributed by atoms with van der Waals surface area (Å²) >= 11 is 0. The summed E-state index contributed by atoms with van der Waals surface area (Å²) in [4.78, 5) is 22.2. The number of carbonyl (C=O) groups excluding carboxylic acids is 1. The number of hydrogen-bond acceptors (Lipinski definition) is 4. The van der Waals surface area contributed by atoms with Crippen LogP contribution in [0, 0.1) is 16.7 Å². The van der Waals surface area contributed by atoms with Gasteiger partial charge in [-0.1, -0.05) is 26.0 Å². The van der Waals surface area contributed by atoms with Gasteiger partial charge < -0.3 is 10.3 Å². The Morgan fingerprint density at radius 1 is 1.28 bits per heavy atom. The number of nitrogens with one attached hydrogen (secondary N) is 2. The maximum atomic E-state index is 12.8. The van der Waals surface area contributed by atoms with E-state index >= 15 is 0 Å². The molecule has 32 heavy (non-hydrogen) atoms. The monoisotopic (exact) mass is 431 g/mol. The number of hydrogen-bond donors (Lipinski definition) is 2. The van der Waals surface area contributed by atoms with Crippen LogP contribution in [0.3, 0.4) is 0 Å². The SMILES string of the molecule is CC1(C)CC=C(c2cc(C(C)(C)N3CCCC3)ccc2NC(=O)c2ncc(C#N)[nH]2)CC1. The summed E-state index contributed by atoms with van der Waals surface area (Å²) in [6, 6.07) is 8.40. The number of rotatable bonds is 5. The molecule has 2 aromatic rings. The molecule has 1 amide bonds. The Balaban J connectivity index is 1.69. The van der Waals surface area contributed by atoms with E-state index in [1.807, 2.05) is 12.1 Å². The lowest BCUT2D eigenvalue weighted by molar-refractivity contribution is 0.101. The zero-order valence-electron chi connectivity index (χ0n) is 19.6. The smallest absolute Gasteiger partial charge is 0.291 e. The van der Waals surface area contributed by atoms with Gasteiger partial charge >= 0.3 is 0 Å². The van der Waals surface area contributed by atoms with Gasteiger partial charge in [0.05, 0.1) is 6.20 Å². The van der Waals surface area contributed by atoms with Crippen LogP contribution in [0.5, 0.6) is 0 Å². The lowest BCUT2D eigenvalue weighted by Crippen LogP contribution is -2.39. The quantitative estimate of drug-likeness (QED) is 0.658. The van der Waals surface area contributed by atoms with Crippen LogP contribution in [0.4, 0.5) is 5.69 Å². The maximum Gasteiger partial charge on any atom is 0.291 e. The second-order valence-corrected chi connectivity index (χ2v) is 10.3. The molecule has 4 rings (SSSR count). The Hall–Kier alpha value is -2.91. The fourth-order valence-electron chi connectivity index (χ4n) is 4.75. The minimum atomic E-state index is -0.337. The molecule has 1 fully saturated rings. The van der Waals surface area contributed by atoms with E-state index in [1.54, 1.807) is 0 Å². The van der Waals surface area contributed by atoms with Crippen LogP contribution >= 0.6 is 0 Å². The van der Waals surface area contributed by atoms with Crippen LogP contribution in [-0.2, 0) is 5.54 Å². The molecule has 0 saturated carbocycles. The van der Waals surface area contributed by atoms with Crippen molar-refractivity contribution in [3.8, 4) is 6.07 Å². The van der Waals surface area contributed by atoms with Gasteiger partial charge in [-0.25, -0.2) is 4.98 Å². The molecule has 0 unspecified atom stereocenters. The molecule has 168 valence electrons. The van der Waals surface area contributed by atoms with E-state index < -0.39 is 0 Å². The van der Waals surface area contributed by atoms with Crippen molar-refractivity contribution in [1.29, 1.82) is 5.26 Å². The molecule has 6 nitrogen and oxygen atoms in total. The van der Waals surface area contributed by atoms with Crippen molar-refractivity contribution in [2.75, 3.05) is 18.4 Å². The first kappa shape index (κ1) is 22.3. The zero-order chi connectivity index (χ0) is 22.9. The van der Waals surface area contributed by atoms with Crippen molar-refractivity contribution in [3.63, 3.8) is 0 Å². The number of aromatic amines is 1. The number of amides is 1. The summed E-state index contributed by atoms with van der Waals surface area (Å²) in [6.45, 7) is 11.4. The average Bonchev–Trinajstić information content (AvgIpc) is 3.46. The molecular formula is C26H33N5O. The molecule has 1 aromatic carbocycles. The number of nitriles is 1. The van der Waals surface area contributed by atoms with Crippen LogP contribution in [0.2, 0.25) is 0 Å². The highest BCUT2D eigenvalue weighted by Crippen LogP contribution is 2.41. The molecule has 6 heteroatoms. The molecule has 0 atom stereocenters. The summed E-state index contributed by atoms with van der Waals surface area (Å²) in [5.41, 5.74) is 4.95. The van der Waals surface area contributed by atoms with Crippen molar-refractivity contribution in [3.05, 3.63) is 53.1 Å². The number of anilines is 1. The lowest BCUT2D eigenvalue weighted by atomic mass is 9.76. The molecule has 1 aliphatic heterocycles. The molecule has 1 aliphatic carbocycles. The normalized spacial score (nSPS) is 18.8. The van der Waals surface area contributed by atoms with Crippen molar-refractivity contribution < 1.29 is 4.79 Å². The highest BCUT2D eigenvalue weighted by Gasteiger charge is 2.32. The fraction of sp³-hybridized carbons (Fsp3) is 0.500. The molecule has 0 spiro atoms. The number of aromatic nitrogens is 2. The fourth-order valence-corrected chi connectivity index (χ4v) is 4.75. The predicted molar refractivity (Wildman–Crippen MR) is 127 cm³/mol. The predicted octanol–water partition coefficient (Wildman–Crippen LogP) is 5.46. The van der Waals surface area contributed by atoms with Crippen LogP contribution in [0.15, 0.2) is 30.5 Å². The highest BCUT2D eigenvalue weighted by molar-refractivity contribution is 6.03. The minimum Gasteiger partial charge on any atom is -0.326 e. The van der Waals surface area contributed by atoms with E-state index in [0.29, 0.717) is 5.41 Å². The number of imidazole rings is 1. The summed E-state index contributed by atoms with van der Waals surface area (Å²) in [5, 5.41) is 12.0. The largest absolute Gasteiger partial charge is 0.326 e. The molecule has 1 aromatic heterocycles. The Kier molecular flexibility index (Phi) is 5.96. The van der Waals surface area contributed by atoms with Gasteiger partial charge in [-0.05, 0) is 87.7 Å². The summed E-state index contributed by atoms with van der Waals surface area (Å²) in [7, 11) is 0. The van der Waals surface area contributed by atoms with Gasteiger partial charge in [-0.15, -0.1) is 0 Å². The number of allylic oxidation sites excluding steroid dienone is 2. The van der Waals surface area contributed by atoms with Crippen molar-refractivity contribution in [2.24, 2.45) is 5.41 Å². The van der Waals surface area contributed by atoms with Gasteiger partial charge in [0.25, 0.3) is 5.91 Å². The topological polar surface area (TPSA) is 84.8 Å². The summed E-state index contributed by atoms with van der Waals surface area (Å²) < 4.78 is 0.